The maximum atomic E-state index is 9.73. The monoisotopic (exact) mass is 287 g/mol. The van der Waals surface area contributed by atoms with Gasteiger partial charge in [0.15, 0.2) is 0 Å². The highest BCUT2D eigenvalue weighted by molar-refractivity contribution is 5.41. The van der Waals surface area contributed by atoms with Crippen LogP contribution in [0.2, 0.25) is 0 Å². The number of nitrogens with zero attached hydrogens (tertiary/aromatic N) is 3. The van der Waals surface area contributed by atoms with E-state index in [-0.39, 0.29) is 12.0 Å². The zero-order valence-corrected chi connectivity index (χ0v) is 12.3. The maximum absolute atomic E-state index is 9.73. The van der Waals surface area contributed by atoms with Gasteiger partial charge in [0, 0.05) is 43.4 Å². The van der Waals surface area contributed by atoms with Gasteiger partial charge >= 0.3 is 0 Å². The van der Waals surface area contributed by atoms with E-state index in [1.165, 1.54) is 5.56 Å². The van der Waals surface area contributed by atoms with E-state index in [0.717, 1.165) is 37.6 Å². The van der Waals surface area contributed by atoms with Crippen LogP contribution in [0.3, 0.4) is 0 Å². The summed E-state index contributed by atoms with van der Waals surface area (Å²) in [6.07, 6.45) is 4.21. The molecule has 2 fully saturated rings. The quantitative estimate of drug-likeness (QED) is 0.918. The van der Waals surface area contributed by atoms with Crippen molar-refractivity contribution in [2.24, 2.45) is 11.3 Å². The van der Waals surface area contributed by atoms with Crippen LogP contribution in [0.25, 0.3) is 5.65 Å². The molecule has 0 aromatic carbocycles. The molecule has 2 aromatic heterocycles. The predicted octanol–water partition coefficient (Wildman–Crippen LogP) is 1.08. The zero-order valence-electron chi connectivity index (χ0n) is 12.3. The molecule has 21 heavy (non-hydrogen) atoms. The number of rotatable bonds is 3. The lowest BCUT2D eigenvalue weighted by Gasteiger charge is -2.24. The second-order valence-corrected chi connectivity index (χ2v) is 6.61. The first kappa shape index (κ1) is 13.2. The molecule has 0 unspecified atom stereocenters. The summed E-state index contributed by atoms with van der Waals surface area (Å²) in [6.45, 7) is 6.52. The summed E-state index contributed by atoms with van der Waals surface area (Å²) < 4.78 is 7.65. The number of hydrogen-bond acceptors (Lipinski definition) is 4. The first-order chi connectivity index (χ1) is 10.2. The van der Waals surface area contributed by atoms with Gasteiger partial charge in [-0.05, 0) is 18.6 Å². The number of aromatic nitrogens is 2. The van der Waals surface area contributed by atoms with E-state index in [9.17, 15) is 5.11 Å². The molecule has 0 amide bonds. The van der Waals surface area contributed by atoms with Crippen molar-refractivity contribution in [2.75, 3.05) is 32.9 Å². The molecule has 2 aromatic rings. The first-order valence-corrected chi connectivity index (χ1v) is 7.54. The summed E-state index contributed by atoms with van der Waals surface area (Å²) in [6, 6.07) is 4.14. The van der Waals surface area contributed by atoms with Gasteiger partial charge in [0.25, 0.3) is 0 Å². The maximum Gasteiger partial charge on any atom is 0.137 e. The molecule has 112 valence electrons. The zero-order chi connectivity index (χ0) is 14.4. The van der Waals surface area contributed by atoms with Gasteiger partial charge in [0.05, 0.1) is 25.5 Å². The van der Waals surface area contributed by atoms with Crippen LogP contribution in [0.1, 0.15) is 11.3 Å². The minimum Gasteiger partial charge on any atom is -0.396 e. The molecule has 1 N–H and O–H groups in total. The Kier molecular flexibility index (Phi) is 3.03. The minimum atomic E-state index is -0.0459. The lowest BCUT2D eigenvalue weighted by Crippen LogP contribution is -2.34. The lowest BCUT2D eigenvalue weighted by molar-refractivity contribution is 0.0801. The van der Waals surface area contributed by atoms with E-state index in [1.807, 2.05) is 0 Å². The molecule has 0 saturated carbocycles. The minimum absolute atomic E-state index is 0.0459. The average Bonchev–Trinajstić information content (AvgIpc) is 3.09. The van der Waals surface area contributed by atoms with Crippen molar-refractivity contribution < 1.29 is 9.84 Å². The van der Waals surface area contributed by atoms with Crippen LogP contribution in [-0.2, 0) is 11.3 Å². The standard InChI is InChI=1S/C16H21N3O2/c1-12-2-3-15-17-14(7-19(15)4-12)6-18-5-13-8-21-11-16(13,9-18)10-20/h2-4,7,13,20H,5-6,8-11H2,1H3/t13-,16-/m0/s1. The van der Waals surface area contributed by atoms with Gasteiger partial charge in [-0.1, -0.05) is 6.07 Å². The molecule has 0 radical (unpaired) electrons. The van der Waals surface area contributed by atoms with E-state index >= 15 is 0 Å². The molecule has 4 rings (SSSR count). The highest BCUT2D eigenvalue weighted by Crippen LogP contribution is 2.41. The Bertz CT molecular complexity index is 669. The molecule has 0 spiro atoms. The SMILES string of the molecule is Cc1ccc2nc(CN3C[C@H]4COC[C@@]4(CO)C3)cn2c1. The Balaban J connectivity index is 1.53. The Hall–Kier alpha value is -1.43. The number of hydrogen-bond donors (Lipinski definition) is 1. The van der Waals surface area contributed by atoms with Crippen molar-refractivity contribution >= 4 is 5.65 Å². The molecule has 0 aliphatic carbocycles. The van der Waals surface area contributed by atoms with Crippen molar-refractivity contribution in [3.05, 3.63) is 35.8 Å². The van der Waals surface area contributed by atoms with Gasteiger partial charge in [0.1, 0.15) is 5.65 Å². The molecule has 2 atom stereocenters. The molecule has 2 aliphatic heterocycles. The Morgan fingerprint density at radius 2 is 2.33 bits per heavy atom. The predicted molar refractivity (Wildman–Crippen MR) is 79.0 cm³/mol. The molecular formula is C16H21N3O2. The number of fused-ring (bicyclic) bond motifs is 2. The number of ether oxygens (including phenoxy) is 1. The summed E-state index contributed by atoms with van der Waals surface area (Å²) in [7, 11) is 0. The highest BCUT2D eigenvalue weighted by Gasteiger charge is 2.50. The Labute approximate surface area is 124 Å². The van der Waals surface area contributed by atoms with Crippen LogP contribution in [-0.4, -0.2) is 52.3 Å². The van der Waals surface area contributed by atoms with Gasteiger partial charge in [-0.3, -0.25) is 4.90 Å². The van der Waals surface area contributed by atoms with E-state index in [2.05, 4.69) is 45.7 Å². The Morgan fingerprint density at radius 1 is 1.43 bits per heavy atom. The van der Waals surface area contributed by atoms with E-state index in [0.29, 0.717) is 12.5 Å². The van der Waals surface area contributed by atoms with Crippen LogP contribution in [0.15, 0.2) is 24.5 Å². The number of likely N-dealkylation sites (tertiary alicyclic amines) is 1. The number of aliphatic hydroxyl groups is 1. The van der Waals surface area contributed by atoms with Gasteiger partial charge in [-0.2, -0.15) is 0 Å². The number of aryl methyl sites for hydroxylation is 1. The number of pyridine rings is 1. The smallest absolute Gasteiger partial charge is 0.137 e. The van der Waals surface area contributed by atoms with E-state index in [1.54, 1.807) is 0 Å². The van der Waals surface area contributed by atoms with Gasteiger partial charge in [0.2, 0.25) is 0 Å². The fourth-order valence-electron chi connectivity index (χ4n) is 3.75. The second-order valence-electron chi connectivity index (χ2n) is 6.61. The molecule has 0 bridgehead atoms. The molecule has 5 nitrogen and oxygen atoms in total. The van der Waals surface area contributed by atoms with E-state index in [4.69, 9.17) is 4.74 Å². The Morgan fingerprint density at radius 3 is 3.14 bits per heavy atom. The fraction of sp³-hybridized carbons (Fsp3) is 0.562. The fourth-order valence-corrected chi connectivity index (χ4v) is 3.75. The summed E-state index contributed by atoms with van der Waals surface area (Å²) in [5, 5.41) is 9.73. The van der Waals surface area contributed by atoms with Gasteiger partial charge in [-0.25, -0.2) is 4.98 Å². The molecule has 2 saturated heterocycles. The number of aliphatic hydroxyl groups excluding tert-OH is 1. The second kappa shape index (κ2) is 4.80. The summed E-state index contributed by atoms with van der Waals surface area (Å²) in [5.74, 6) is 0.460. The topological polar surface area (TPSA) is 50.0 Å². The van der Waals surface area contributed by atoms with Crippen molar-refractivity contribution in [1.29, 1.82) is 0 Å². The van der Waals surface area contributed by atoms with E-state index < -0.39 is 0 Å². The third-order valence-electron chi connectivity index (χ3n) is 4.94. The third kappa shape index (κ3) is 2.16. The van der Waals surface area contributed by atoms with Gasteiger partial charge in [-0.15, -0.1) is 0 Å². The van der Waals surface area contributed by atoms with Crippen LogP contribution in [0.4, 0.5) is 0 Å². The van der Waals surface area contributed by atoms with Crippen molar-refractivity contribution in [1.82, 2.24) is 14.3 Å². The summed E-state index contributed by atoms with van der Waals surface area (Å²) >= 11 is 0. The van der Waals surface area contributed by atoms with Crippen LogP contribution >= 0.6 is 0 Å². The van der Waals surface area contributed by atoms with Crippen molar-refractivity contribution in [3.8, 4) is 0 Å². The lowest BCUT2D eigenvalue weighted by atomic mass is 9.82. The first-order valence-electron chi connectivity index (χ1n) is 7.54. The normalized spacial score (nSPS) is 29.3. The summed E-state index contributed by atoms with van der Waals surface area (Å²) in [4.78, 5) is 7.09. The molecule has 4 heterocycles. The van der Waals surface area contributed by atoms with Crippen LogP contribution in [0, 0.1) is 18.3 Å². The molecular weight excluding hydrogens is 266 g/mol. The average molecular weight is 287 g/mol. The summed E-state index contributed by atoms with van der Waals surface area (Å²) in [5.41, 5.74) is 3.28. The van der Waals surface area contributed by atoms with Gasteiger partial charge < -0.3 is 14.2 Å². The van der Waals surface area contributed by atoms with Crippen molar-refractivity contribution in [3.63, 3.8) is 0 Å². The third-order valence-corrected chi connectivity index (χ3v) is 4.94. The molecule has 5 heteroatoms. The highest BCUT2D eigenvalue weighted by atomic mass is 16.5. The largest absolute Gasteiger partial charge is 0.396 e. The molecule has 2 aliphatic rings. The van der Waals surface area contributed by atoms with Crippen LogP contribution in [0.5, 0.6) is 0 Å². The van der Waals surface area contributed by atoms with Crippen LogP contribution < -0.4 is 0 Å². The number of imidazole rings is 1. The van der Waals surface area contributed by atoms with Crippen molar-refractivity contribution in [2.45, 2.75) is 13.5 Å².